The fourth-order valence-electron chi connectivity index (χ4n) is 2.91. The van der Waals surface area contributed by atoms with Crippen molar-refractivity contribution in [1.29, 1.82) is 0 Å². The van der Waals surface area contributed by atoms with Crippen molar-refractivity contribution in [1.82, 2.24) is 0 Å². The van der Waals surface area contributed by atoms with E-state index in [9.17, 15) is 9.59 Å². The molecule has 2 aromatic rings. The van der Waals surface area contributed by atoms with Gasteiger partial charge in [-0.15, -0.1) is 0 Å². The first-order valence-electron chi connectivity index (χ1n) is 8.19. The van der Waals surface area contributed by atoms with Gasteiger partial charge >= 0.3 is 0 Å². The van der Waals surface area contributed by atoms with E-state index in [1.807, 2.05) is 12.1 Å². The highest BCUT2D eigenvalue weighted by Crippen LogP contribution is 2.34. The second-order valence-corrected chi connectivity index (χ2v) is 6.00. The molecule has 0 bridgehead atoms. The Balaban J connectivity index is 1.74. The number of rotatable bonds is 5. The average Bonchev–Trinajstić information content (AvgIpc) is 3.02. The Morgan fingerprint density at radius 2 is 2.00 bits per heavy atom. The van der Waals surface area contributed by atoms with Crippen LogP contribution < -0.4 is 20.7 Å². The number of nitrogen functional groups attached to an aromatic ring is 1. The van der Waals surface area contributed by atoms with Gasteiger partial charge < -0.3 is 20.7 Å². The largest absolute Gasteiger partial charge is 0.495 e. The van der Waals surface area contributed by atoms with E-state index in [1.54, 1.807) is 42.3 Å². The maximum Gasteiger partial charge on any atom is 0.228 e. The lowest BCUT2D eigenvalue weighted by Crippen LogP contribution is -2.24. The van der Waals surface area contributed by atoms with Gasteiger partial charge in [0, 0.05) is 24.3 Å². The number of carbonyl (C=O) groups is 2. The smallest absolute Gasteiger partial charge is 0.228 e. The van der Waals surface area contributed by atoms with E-state index in [1.165, 1.54) is 0 Å². The predicted molar refractivity (Wildman–Crippen MR) is 97.8 cm³/mol. The second-order valence-electron chi connectivity index (χ2n) is 6.00. The van der Waals surface area contributed by atoms with Crippen molar-refractivity contribution >= 4 is 28.9 Å². The van der Waals surface area contributed by atoms with E-state index >= 15 is 0 Å². The number of nitrogens with two attached hydrogens (primary N) is 1. The van der Waals surface area contributed by atoms with Gasteiger partial charge in [0.05, 0.1) is 19.2 Å². The molecular formula is C19H21N3O3. The molecule has 0 aliphatic carbocycles. The van der Waals surface area contributed by atoms with E-state index in [0.29, 0.717) is 35.8 Å². The minimum absolute atomic E-state index is 0.0728. The van der Waals surface area contributed by atoms with Crippen LogP contribution in [0.2, 0.25) is 0 Å². The summed E-state index contributed by atoms with van der Waals surface area (Å²) in [5.41, 5.74) is 8.53. The van der Waals surface area contributed by atoms with Gasteiger partial charge in [-0.1, -0.05) is 12.1 Å². The minimum atomic E-state index is -0.131. The lowest BCUT2D eigenvalue weighted by molar-refractivity contribution is -0.117. The van der Waals surface area contributed by atoms with Gasteiger partial charge in [0.2, 0.25) is 11.8 Å². The number of carbonyl (C=O) groups excluding carboxylic acids is 2. The summed E-state index contributed by atoms with van der Waals surface area (Å²) in [6.45, 7) is 0.665. The maximum atomic E-state index is 12.3. The Hall–Kier alpha value is -3.02. The first-order valence-corrected chi connectivity index (χ1v) is 8.19. The zero-order valence-corrected chi connectivity index (χ0v) is 14.1. The molecule has 2 aromatic carbocycles. The highest BCUT2D eigenvalue weighted by molar-refractivity contribution is 5.98. The van der Waals surface area contributed by atoms with Crippen LogP contribution in [0.25, 0.3) is 0 Å². The van der Waals surface area contributed by atoms with Crippen LogP contribution in [0.4, 0.5) is 17.1 Å². The average molecular weight is 339 g/mol. The van der Waals surface area contributed by atoms with Crippen LogP contribution in [0.15, 0.2) is 42.5 Å². The van der Waals surface area contributed by atoms with Crippen LogP contribution in [-0.2, 0) is 16.0 Å². The molecule has 1 aliphatic rings. The van der Waals surface area contributed by atoms with Crippen molar-refractivity contribution in [2.24, 2.45) is 0 Å². The van der Waals surface area contributed by atoms with Crippen molar-refractivity contribution in [2.45, 2.75) is 19.3 Å². The molecule has 1 aliphatic heterocycles. The third-order valence-corrected chi connectivity index (χ3v) is 4.17. The SMILES string of the molecule is COc1ccc(NC(=O)Cc2ccc(N)cc2)cc1N1CCCC1=O. The summed E-state index contributed by atoms with van der Waals surface area (Å²) >= 11 is 0. The van der Waals surface area contributed by atoms with Crippen LogP contribution in [0, 0.1) is 0 Å². The van der Waals surface area contributed by atoms with Crippen molar-refractivity contribution in [3.05, 3.63) is 48.0 Å². The molecule has 1 saturated heterocycles. The summed E-state index contributed by atoms with van der Waals surface area (Å²) in [6, 6.07) is 12.5. The molecule has 6 nitrogen and oxygen atoms in total. The number of hydrogen-bond acceptors (Lipinski definition) is 4. The Morgan fingerprint density at radius 1 is 1.24 bits per heavy atom. The van der Waals surface area contributed by atoms with Gasteiger partial charge in [-0.2, -0.15) is 0 Å². The number of anilines is 3. The molecule has 1 fully saturated rings. The predicted octanol–water partition coefficient (Wildman–Crippen LogP) is 2.59. The highest BCUT2D eigenvalue weighted by atomic mass is 16.5. The molecule has 0 saturated carbocycles. The number of amides is 2. The van der Waals surface area contributed by atoms with Gasteiger partial charge in [0.1, 0.15) is 5.75 Å². The number of hydrogen-bond donors (Lipinski definition) is 2. The molecule has 0 aromatic heterocycles. The molecule has 0 unspecified atom stereocenters. The Labute approximate surface area is 146 Å². The van der Waals surface area contributed by atoms with E-state index in [4.69, 9.17) is 10.5 Å². The fraction of sp³-hybridized carbons (Fsp3) is 0.263. The Kier molecular flexibility index (Phi) is 4.88. The molecular weight excluding hydrogens is 318 g/mol. The van der Waals surface area contributed by atoms with Gasteiger partial charge in [0.25, 0.3) is 0 Å². The third kappa shape index (κ3) is 3.91. The van der Waals surface area contributed by atoms with Crippen molar-refractivity contribution in [3.63, 3.8) is 0 Å². The van der Waals surface area contributed by atoms with Crippen LogP contribution in [0.1, 0.15) is 18.4 Å². The summed E-state index contributed by atoms with van der Waals surface area (Å²) < 4.78 is 5.35. The van der Waals surface area contributed by atoms with Crippen molar-refractivity contribution in [2.75, 3.05) is 29.6 Å². The maximum absolute atomic E-state index is 12.3. The van der Waals surface area contributed by atoms with Crippen LogP contribution in [-0.4, -0.2) is 25.5 Å². The Bertz CT molecular complexity index is 787. The topological polar surface area (TPSA) is 84.7 Å². The number of benzene rings is 2. The highest BCUT2D eigenvalue weighted by Gasteiger charge is 2.24. The van der Waals surface area contributed by atoms with E-state index < -0.39 is 0 Å². The molecule has 6 heteroatoms. The summed E-state index contributed by atoms with van der Waals surface area (Å²) in [6.07, 6.45) is 1.62. The van der Waals surface area contributed by atoms with Gasteiger partial charge in [-0.05, 0) is 42.3 Å². The van der Waals surface area contributed by atoms with Gasteiger partial charge in [0.15, 0.2) is 0 Å². The Morgan fingerprint density at radius 3 is 2.64 bits per heavy atom. The lowest BCUT2D eigenvalue weighted by atomic mass is 10.1. The summed E-state index contributed by atoms with van der Waals surface area (Å²) in [5, 5.41) is 2.87. The molecule has 0 atom stereocenters. The first-order chi connectivity index (χ1) is 12.1. The molecule has 3 rings (SSSR count). The molecule has 3 N–H and O–H groups in total. The normalized spacial score (nSPS) is 13.8. The lowest BCUT2D eigenvalue weighted by Gasteiger charge is -2.20. The van der Waals surface area contributed by atoms with Crippen molar-refractivity contribution in [3.8, 4) is 5.75 Å². The molecule has 0 spiro atoms. The third-order valence-electron chi connectivity index (χ3n) is 4.17. The van der Waals surface area contributed by atoms with Crippen LogP contribution in [0.3, 0.4) is 0 Å². The van der Waals surface area contributed by atoms with E-state index in [0.717, 1.165) is 12.0 Å². The van der Waals surface area contributed by atoms with Crippen LogP contribution >= 0.6 is 0 Å². The number of nitrogens with one attached hydrogen (secondary N) is 1. The van der Waals surface area contributed by atoms with Crippen LogP contribution in [0.5, 0.6) is 5.75 Å². The molecule has 2 amide bonds. The minimum Gasteiger partial charge on any atom is -0.495 e. The first kappa shape index (κ1) is 16.8. The van der Waals surface area contributed by atoms with E-state index in [-0.39, 0.29) is 18.2 Å². The molecule has 0 radical (unpaired) electrons. The number of ether oxygens (including phenoxy) is 1. The monoisotopic (exact) mass is 339 g/mol. The summed E-state index contributed by atoms with van der Waals surface area (Å²) in [7, 11) is 1.57. The van der Waals surface area contributed by atoms with E-state index in [2.05, 4.69) is 5.32 Å². The number of nitrogens with zero attached hydrogens (tertiary/aromatic N) is 1. The zero-order valence-electron chi connectivity index (χ0n) is 14.1. The van der Waals surface area contributed by atoms with Crippen molar-refractivity contribution < 1.29 is 14.3 Å². The summed E-state index contributed by atoms with van der Waals surface area (Å²) in [4.78, 5) is 26.0. The fourth-order valence-corrected chi connectivity index (χ4v) is 2.91. The second kappa shape index (κ2) is 7.25. The van der Waals surface area contributed by atoms with Gasteiger partial charge in [-0.25, -0.2) is 0 Å². The quantitative estimate of drug-likeness (QED) is 0.820. The molecule has 25 heavy (non-hydrogen) atoms. The molecule has 1 heterocycles. The zero-order chi connectivity index (χ0) is 17.8. The number of methoxy groups -OCH3 is 1. The van der Waals surface area contributed by atoms with Gasteiger partial charge in [-0.3, -0.25) is 9.59 Å². The molecule has 130 valence electrons. The summed E-state index contributed by atoms with van der Waals surface area (Å²) in [5.74, 6) is 0.559. The standard InChI is InChI=1S/C19H21N3O3/c1-25-17-9-8-15(12-16(17)22-10-2-3-19(22)24)21-18(23)11-13-4-6-14(20)7-5-13/h4-9,12H,2-3,10-11,20H2,1H3,(H,21,23).